The molecule has 0 fully saturated rings. The van der Waals surface area contributed by atoms with E-state index >= 15 is 0 Å². The molecule has 0 aliphatic rings. The van der Waals surface area contributed by atoms with Crippen molar-refractivity contribution in [2.24, 2.45) is 7.05 Å². The van der Waals surface area contributed by atoms with Crippen molar-refractivity contribution < 1.29 is 9.84 Å². The maximum atomic E-state index is 9.55. The molecule has 3 aromatic heterocycles. The number of aliphatic hydroxyl groups is 1. The van der Waals surface area contributed by atoms with Crippen LogP contribution in [0.25, 0.3) is 22.3 Å². The monoisotopic (exact) mass is 353 g/mol. The summed E-state index contributed by atoms with van der Waals surface area (Å²) in [6, 6.07) is 6.14. The lowest BCUT2D eigenvalue weighted by molar-refractivity contribution is 0.273. The fraction of sp³-hybridized carbons (Fsp3) is 0.429. The first kappa shape index (κ1) is 18.4. The van der Waals surface area contributed by atoms with E-state index in [1.54, 1.807) is 0 Å². The average Bonchev–Trinajstić information content (AvgIpc) is 2.96. The molecular weight excluding hydrogens is 326 g/mol. The van der Waals surface area contributed by atoms with Gasteiger partial charge in [0, 0.05) is 42.8 Å². The molecule has 0 spiro atoms. The minimum atomic E-state index is 0.0871. The zero-order valence-corrected chi connectivity index (χ0v) is 16.2. The molecular formula is C21H27N3O2. The van der Waals surface area contributed by atoms with Gasteiger partial charge in [0.05, 0.1) is 18.0 Å². The van der Waals surface area contributed by atoms with Crippen molar-refractivity contribution in [3.8, 4) is 17.1 Å². The first-order valence-electron chi connectivity index (χ1n) is 9.20. The topological polar surface area (TPSA) is 60.2 Å². The first-order valence-corrected chi connectivity index (χ1v) is 9.20. The van der Waals surface area contributed by atoms with Gasteiger partial charge in [-0.25, -0.2) is 9.97 Å². The number of hydrogen-bond donors (Lipinski definition) is 1. The third kappa shape index (κ3) is 3.19. The second kappa shape index (κ2) is 7.46. The normalized spacial score (nSPS) is 12.5. The van der Waals surface area contributed by atoms with Crippen molar-refractivity contribution >= 4 is 11.0 Å². The highest BCUT2D eigenvalue weighted by Crippen LogP contribution is 2.32. The Labute approximate surface area is 154 Å². The summed E-state index contributed by atoms with van der Waals surface area (Å²) in [5, 5.41) is 10.7. The lowest BCUT2D eigenvalue weighted by Gasteiger charge is -2.13. The number of fused-ring (bicyclic) bond motifs is 1. The molecule has 1 N–H and O–H groups in total. The summed E-state index contributed by atoms with van der Waals surface area (Å²) >= 11 is 0. The number of aryl methyl sites for hydroxylation is 3. The zero-order valence-electron chi connectivity index (χ0n) is 16.2. The van der Waals surface area contributed by atoms with Gasteiger partial charge >= 0.3 is 0 Å². The predicted octanol–water partition coefficient (Wildman–Crippen LogP) is 4.00. The van der Waals surface area contributed by atoms with Gasteiger partial charge in [0.1, 0.15) is 5.65 Å². The molecule has 5 nitrogen and oxygen atoms in total. The number of aromatic nitrogens is 3. The fourth-order valence-electron chi connectivity index (χ4n) is 3.38. The van der Waals surface area contributed by atoms with E-state index < -0.39 is 0 Å². The van der Waals surface area contributed by atoms with Gasteiger partial charge in [-0.05, 0) is 43.5 Å². The van der Waals surface area contributed by atoms with Crippen LogP contribution in [-0.2, 0) is 13.5 Å². The van der Waals surface area contributed by atoms with E-state index in [1.165, 1.54) is 0 Å². The fourth-order valence-corrected chi connectivity index (χ4v) is 3.38. The standard InChI is InChI=1S/C21H27N3O2/c1-6-18-15(8-9-19(22-18)26-7-2)20-13(3)10-16-17(14(4)12-25)11-24(5)21(16)23-20/h8-11,14,25H,6-7,12H2,1-5H3/t14-/m0/s1. The molecule has 0 unspecified atom stereocenters. The molecule has 3 heterocycles. The molecule has 138 valence electrons. The third-order valence-corrected chi connectivity index (χ3v) is 4.81. The van der Waals surface area contributed by atoms with Crippen LogP contribution < -0.4 is 4.74 Å². The van der Waals surface area contributed by atoms with Gasteiger partial charge in [0.15, 0.2) is 0 Å². The maximum absolute atomic E-state index is 9.55. The number of aliphatic hydroxyl groups excluding tert-OH is 1. The molecule has 0 aliphatic carbocycles. The molecule has 0 bridgehead atoms. The van der Waals surface area contributed by atoms with Crippen LogP contribution in [0.5, 0.6) is 5.88 Å². The zero-order chi connectivity index (χ0) is 18.8. The van der Waals surface area contributed by atoms with Crippen LogP contribution in [0.2, 0.25) is 0 Å². The van der Waals surface area contributed by atoms with Gasteiger partial charge in [-0.15, -0.1) is 0 Å². The summed E-state index contributed by atoms with van der Waals surface area (Å²) in [4.78, 5) is 9.61. The third-order valence-electron chi connectivity index (χ3n) is 4.81. The van der Waals surface area contributed by atoms with Crippen molar-refractivity contribution in [2.45, 2.75) is 40.0 Å². The van der Waals surface area contributed by atoms with E-state index in [-0.39, 0.29) is 12.5 Å². The van der Waals surface area contributed by atoms with Crippen LogP contribution in [0, 0.1) is 6.92 Å². The summed E-state index contributed by atoms with van der Waals surface area (Å²) in [7, 11) is 2.00. The second-order valence-electron chi connectivity index (χ2n) is 6.73. The molecule has 1 atom stereocenters. The molecule has 0 radical (unpaired) electrons. The molecule has 5 heteroatoms. The summed E-state index contributed by atoms with van der Waals surface area (Å²) < 4.78 is 7.58. The van der Waals surface area contributed by atoms with E-state index in [9.17, 15) is 5.11 Å². The Hall–Kier alpha value is -2.40. The SMILES string of the molecule is CCOc1ccc(-c2nc3c(cc2C)c([C@@H](C)CO)cn3C)c(CC)n1. The van der Waals surface area contributed by atoms with Crippen molar-refractivity contribution in [3.05, 3.63) is 41.2 Å². The summed E-state index contributed by atoms with van der Waals surface area (Å²) in [6.45, 7) is 8.90. The Bertz CT molecular complexity index is 931. The van der Waals surface area contributed by atoms with Gasteiger partial charge in [-0.2, -0.15) is 0 Å². The first-order chi connectivity index (χ1) is 12.5. The van der Waals surface area contributed by atoms with Crippen LogP contribution in [0.3, 0.4) is 0 Å². The van der Waals surface area contributed by atoms with E-state index in [1.807, 2.05) is 31.5 Å². The molecule has 26 heavy (non-hydrogen) atoms. The second-order valence-corrected chi connectivity index (χ2v) is 6.73. The number of nitrogens with zero attached hydrogens (tertiary/aromatic N) is 3. The van der Waals surface area contributed by atoms with Crippen LogP contribution in [0.1, 0.15) is 43.5 Å². The summed E-state index contributed by atoms with van der Waals surface area (Å²) in [5.41, 5.74) is 6.16. The Balaban J connectivity index is 2.17. The molecule has 0 saturated carbocycles. The summed E-state index contributed by atoms with van der Waals surface area (Å²) in [5.74, 6) is 0.744. The minimum absolute atomic E-state index is 0.0871. The summed E-state index contributed by atoms with van der Waals surface area (Å²) in [6.07, 6.45) is 2.88. The van der Waals surface area contributed by atoms with Crippen molar-refractivity contribution in [2.75, 3.05) is 13.2 Å². The smallest absolute Gasteiger partial charge is 0.213 e. The van der Waals surface area contributed by atoms with Crippen molar-refractivity contribution in [1.82, 2.24) is 14.5 Å². The largest absolute Gasteiger partial charge is 0.478 e. The Morgan fingerprint density at radius 1 is 1.23 bits per heavy atom. The molecule has 0 amide bonds. The van der Waals surface area contributed by atoms with E-state index in [4.69, 9.17) is 9.72 Å². The van der Waals surface area contributed by atoms with Gasteiger partial charge in [-0.1, -0.05) is 13.8 Å². The highest BCUT2D eigenvalue weighted by Gasteiger charge is 2.18. The van der Waals surface area contributed by atoms with Crippen molar-refractivity contribution in [3.63, 3.8) is 0 Å². The maximum Gasteiger partial charge on any atom is 0.213 e. The van der Waals surface area contributed by atoms with Gasteiger partial charge < -0.3 is 14.4 Å². The quantitative estimate of drug-likeness (QED) is 0.728. The van der Waals surface area contributed by atoms with Crippen LogP contribution in [0.15, 0.2) is 24.4 Å². The van der Waals surface area contributed by atoms with E-state index in [0.717, 1.165) is 45.5 Å². The Kier molecular flexibility index (Phi) is 5.28. The Morgan fingerprint density at radius 2 is 2.00 bits per heavy atom. The minimum Gasteiger partial charge on any atom is -0.478 e. The van der Waals surface area contributed by atoms with E-state index in [0.29, 0.717) is 12.5 Å². The molecule has 0 aromatic carbocycles. The lowest BCUT2D eigenvalue weighted by Crippen LogP contribution is -2.01. The average molecular weight is 353 g/mol. The molecule has 3 aromatic rings. The molecule has 0 saturated heterocycles. The number of ether oxygens (including phenoxy) is 1. The van der Waals surface area contributed by atoms with Crippen LogP contribution in [-0.4, -0.2) is 32.9 Å². The van der Waals surface area contributed by atoms with Crippen LogP contribution in [0.4, 0.5) is 0 Å². The number of hydrogen-bond acceptors (Lipinski definition) is 4. The van der Waals surface area contributed by atoms with Gasteiger partial charge in [-0.3, -0.25) is 0 Å². The van der Waals surface area contributed by atoms with Crippen LogP contribution >= 0.6 is 0 Å². The highest BCUT2D eigenvalue weighted by molar-refractivity contribution is 5.85. The molecule has 0 aliphatic heterocycles. The highest BCUT2D eigenvalue weighted by atomic mass is 16.5. The number of rotatable bonds is 6. The Morgan fingerprint density at radius 3 is 2.65 bits per heavy atom. The molecule has 3 rings (SSSR count). The lowest BCUT2D eigenvalue weighted by atomic mass is 9.99. The van der Waals surface area contributed by atoms with Crippen molar-refractivity contribution in [1.29, 1.82) is 0 Å². The van der Waals surface area contributed by atoms with Gasteiger partial charge in [0.25, 0.3) is 0 Å². The number of pyridine rings is 2. The van der Waals surface area contributed by atoms with Gasteiger partial charge in [0.2, 0.25) is 5.88 Å². The van der Waals surface area contributed by atoms with E-state index in [2.05, 4.69) is 37.2 Å². The predicted molar refractivity (Wildman–Crippen MR) is 105 cm³/mol.